The minimum atomic E-state index is -0.0583. The van der Waals surface area contributed by atoms with Crippen molar-refractivity contribution in [2.75, 3.05) is 27.3 Å². The van der Waals surface area contributed by atoms with Gasteiger partial charge in [-0.1, -0.05) is 6.07 Å². The Morgan fingerprint density at radius 3 is 2.42 bits per heavy atom. The summed E-state index contributed by atoms with van der Waals surface area (Å²) in [5, 5.41) is 3.20. The molecule has 0 aliphatic heterocycles. The molecule has 5 heteroatoms. The molecule has 0 aromatic heterocycles. The van der Waals surface area contributed by atoms with Crippen LogP contribution in [0.5, 0.6) is 11.5 Å². The van der Waals surface area contributed by atoms with Crippen molar-refractivity contribution in [3.63, 3.8) is 0 Å². The molecule has 0 radical (unpaired) electrons. The van der Waals surface area contributed by atoms with E-state index in [1.807, 2.05) is 12.1 Å². The highest BCUT2D eigenvalue weighted by atomic mass is 16.5. The van der Waals surface area contributed by atoms with Gasteiger partial charge >= 0.3 is 0 Å². The van der Waals surface area contributed by atoms with Crippen LogP contribution in [0, 0.1) is 0 Å². The van der Waals surface area contributed by atoms with Gasteiger partial charge in [-0.05, 0) is 55.8 Å². The van der Waals surface area contributed by atoms with Crippen molar-refractivity contribution in [1.29, 1.82) is 0 Å². The van der Waals surface area contributed by atoms with Gasteiger partial charge in [-0.15, -0.1) is 0 Å². The smallest absolute Gasteiger partial charge is 0.161 e. The molecule has 0 unspecified atom stereocenters. The van der Waals surface area contributed by atoms with Gasteiger partial charge in [-0.25, -0.2) is 0 Å². The molecule has 132 valence electrons. The SMILES string of the molecule is COc1ccc(C2(CCNCC(C)=O)CCC(=O)CC2)cc1OC. The van der Waals surface area contributed by atoms with Gasteiger partial charge in [0.2, 0.25) is 0 Å². The van der Waals surface area contributed by atoms with Crippen LogP contribution in [0.3, 0.4) is 0 Å². The Morgan fingerprint density at radius 1 is 1.17 bits per heavy atom. The highest BCUT2D eigenvalue weighted by Crippen LogP contribution is 2.43. The number of carbonyl (C=O) groups excluding carboxylic acids is 2. The van der Waals surface area contributed by atoms with Gasteiger partial charge in [0.05, 0.1) is 20.8 Å². The summed E-state index contributed by atoms with van der Waals surface area (Å²) in [4.78, 5) is 22.8. The van der Waals surface area contributed by atoms with Crippen molar-refractivity contribution >= 4 is 11.6 Å². The molecule has 1 N–H and O–H groups in total. The molecule has 0 atom stereocenters. The summed E-state index contributed by atoms with van der Waals surface area (Å²) in [5.74, 6) is 1.89. The van der Waals surface area contributed by atoms with E-state index in [4.69, 9.17) is 9.47 Å². The largest absolute Gasteiger partial charge is 0.493 e. The first-order chi connectivity index (χ1) is 11.5. The maximum absolute atomic E-state index is 11.7. The highest BCUT2D eigenvalue weighted by Gasteiger charge is 2.36. The molecule has 1 aliphatic rings. The van der Waals surface area contributed by atoms with Crippen LogP contribution in [0.25, 0.3) is 0 Å². The number of hydrogen-bond donors (Lipinski definition) is 1. The molecule has 2 rings (SSSR count). The van der Waals surface area contributed by atoms with Crippen LogP contribution in [-0.4, -0.2) is 38.9 Å². The normalized spacial score (nSPS) is 16.7. The van der Waals surface area contributed by atoms with E-state index in [9.17, 15) is 9.59 Å². The lowest BCUT2D eigenvalue weighted by Gasteiger charge is -2.38. The molecule has 1 aromatic rings. The maximum Gasteiger partial charge on any atom is 0.161 e. The molecule has 0 heterocycles. The third-order valence-electron chi connectivity index (χ3n) is 4.91. The van der Waals surface area contributed by atoms with Crippen LogP contribution in [0.1, 0.15) is 44.6 Å². The molecule has 0 saturated heterocycles. The Hall–Kier alpha value is -1.88. The van der Waals surface area contributed by atoms with Crippen LogP contribution in [0.2, 0.25) is 0 Å². The van der Waals surface area contributed by atoms with Gasteiger partial charge in [-0.2, -0.15) is 0 Å². The second-order valence-corrected chi connectivity index (χ2v) is 6.52. The zero-order chi connectivity index (χ0) is 17.6. The third-order valence-corrected chi connectivity index (χ3v) is 4.91. The molecular weight excluding hydrogens is 306 g/mol. The standard InChI is InChI=1S/C19H27NO4/c1-14(21)13-20-11-10-19(8-6-16(22)7-9-19)15-4-5-17(23-2)18(12-15)24-3/h4-5,12,20H,6-11,13H2,1-3H3. The summed E-state index contributed by atoms with van der Waals surface area (Å²) in [6, 6.07) is 6.02. The molecule has 0 bridgehead atoms. The van der Waals surface area contributed by atoms with E-state index >= 15 is 0 Å². The average Bonchev–Trinajstić information content (AvgIpc) is 2.59. The summed E-state index contributed by atoms with van der Waals surface area (Å²) >= 11 is 0. The molecule has 0 spiro atoms. The second kappa shape index (κ2) is 8.29. The van der Waals surface area contributed by atoms with E-state index in [-0.39, 0.29) is 11.2 Å². The van der Waals surface area contributed by atoms with Gasteiger partial charge in [0, 0.05) is 12.8 Å². The fourth-order valence-corrected chi connectivity index (χ4v) is 3.45. The summed E-state index contributed by atoms with van der Waals surface area (Å²) in [6.07, 6.45) is 3.79. The minimum absolute atomic E-state index is 0.0583. The van der Waals surface area contributed by atoms with E-state index in [0.29, 0.717) is 36.7 Å². The molecule has 1 saturated carbocycles. The minimum Gasteiger partial charge on any atom is -0.493 e. The lowest BCUT2D eigenvalue weighted by atomic mass is 9.67. The molecule has 1 aromatic carbocycles. The van der Waals surface area contributed by atoms with E-state index < -0.39 is 0 Å². The number of carbonyl (C=O) groups is 2. The van der Waals surface area contributed by atoms with Gasteiger partial charge in [0.1, 0.15) is 11.6 Å². The Morgan fingerprint density at radius 2 is 1.83 bits per heavy atom. The van der Waals surface area contributed by atoms with E-state index in [1.54, 1.807) is 21.1 Å². The number of methoxy groups -OCH3 is 2. The number of ether oxygens (including phenoxy) is 2. The van der Waals surface area contributed by atoms with Crippen molar-refractivity contribution < 1.29 is 19.1 Å². The summed E-state index contributed by atoms with van der Waals surface area (Å²) in [7, 11) is 3.26. The number of Topliss-reactive ketones (excluding diaryl/α,β-unsaturated/α-hetero) is 2. The fourth-order valence-electron chi connectivity index (χ4n) is 3.45. The van der Waals surface area contributed by atoms with Crippen LogP contribution in [-0.2, 0) is 15.0 Å². The number of nitrogens with one attached hydrogen (secondary N) is 1. The molecule has 1 fully saturated rings. The summed E-state index contributed by atoms with van der Waals surface area (Å²) in [5.41, 5.74) is 1.12. The Bertz CT molecular complexity index is 587. The van der Waals surface area contributed by atoms with Gasteiger partial charge in [0.25, 0.3) is 0 Å². The van der Waals surface area contributed by atoms with E-state index in [1.165, 1.54) is 5.56 Å². The van der Waals surface area contributed by atoms with Crippen LogP contribution < -0.4 is 14.8 Å². The van der Waals surface area contributed by atoms with E-state index in [2.05, 4.69) is 11.4 Å². The summed E-state index contributed by atoms with van der Waals surface area (Å²) < 4.78 is 10.8. The molecule has 5 nitrogen and oxygen atoms in total. The van der Waals surface area contributed by atoms with Crippen LogP contribution >= 0.6 is 0 Å². The van der Waals surface area contributed by atoms with Crippen molar-refractivity contribution in [3.8, 4) is 11.5 Å². The van der Waals surface area contributed by atoms with Gasteiger partial charge in [-0.3, -0.25) is 9.59 Å². The number of ketones is 2. The summed E-state index contributed by atoms with van der Waals surface area (Å²) in [6.45, 7) is 2.72. The quantitative estimate of drug-likeness (QED) is 0.741. The Kier molecular flexibility index (Phi) is 6.37. The fraction of sp³-hybridized carbons (Fsp3) is 0.579. The first-order valence-electron chi connectivity index (χ1n) is 8.45. The van der Waals surface area contributed by atoms with Crippen molar-refractivity contribution in [2.24, 2.45) is 0 Å². The second-order valence-electron chi connectivity index (χ2n) is 6.52. The molecular formula is C19H27NO4. The van der Waals surface area contributed by atoms with Gasteiger partial charge in [0.15, 0.2) is 11.5 Å². The average molecular weight is 333 g/mol. The lowest BCUT2D eigenvalue weighted by Crippen LogP contribution is -2.36. The predicted molar refractivity (Wildman–Crippen MR) is 92.9 cm³/mol. The van der Waals surface area contributed by atoms with Crippen molar-refractivity contribution in [1.82, 2.24) is 5.32 Å². The van der Waals surface area contributed by atoms with Gasteiger partial charge < -0.3 is 14.8 Å². The Balaban J connectivity index is 2.22. The molecule has 1 aliphatic carbocycles. The Labute approximate surface area is 143 Å². The predicted octanol–water partition coefficient (Wildman–Crippen LogP) is 2.65. The van der Waals surface area contributed by atoms with Crippen molar-refractivity contribution in [3.05, 3.63) is 23.8 Å². The van der Waals surface area contributed by atoms with E-state index in [0.717, 1.165) is 25.8 Å². The number of rotatable bonds is 8. The lowest BCUT2D eigenvalue weighted by molar-refractivity contribution is -0.121. The third kappa shape index (κ3) is 4.35. The van der Waals surface area contributed by atoms with Crippen molar-refractivity contribution in [2.45, 2.75) is 44.4 Å². The van der Waals surface area contributed by atoms with Crippen LogP contribution in [0.15, 0.2) is 18.2 Å². The monoisotopic (exact) mass is 333 g/mol. The zero-order valence-corrected chi connectivity index (χ0v) is 14.8. The zero-order valence-electron chi connectivity index (χ0n) is 14.8. The molecule has 0 amide bonds. The van der Waals surface area contributed by atoms with Crippen LogP contribution in [0.4, 0.5) is 0 Å². The maximum atomic E-state index is 11.7. The topological polar surface area (TPSA) is 64.6 Å². The first kappa shape index (κ1) is 18.5. The number of benzene rings is 1. The highest BCUT2D eigenvalue weighted by molar-refractivity contribution is 5.79. The molecule has 24 heavy (non-hydrogen) atoms. The first-order valence-corrected chi connectivity index (χ1v) is 8.45. The number of hydrogen-bond acceptors (Lipinski definition) is 5.